The second kappa shape index (κ2) is 12.3. The number of hydrogen-bond donors (Lipinski definition) is 0. The molecular weight excluding hydrogens is 527 g/mol. The van der Waals surface area contributed by atoms with Gasteiger partial charge in [-0.05, 0) is 81.5 Å². The van der Waals surface area contributed by atoms with E-state index in [0.29, 0.717) is 24.2 Å². The molecule has 7 nitrogen and oxygen atoms in total. The topological polar surface area (TPSA) is 90.0 Å². The number of ether oxygens (including phenoxy) is 2. The first-order valence-corrected chi connectivity index (χ1v) is 14.2. The van der Waals surface area contributed by atoms with Gasteiger partial charge in [0.2, 0.25) is 0 Å². The van der Waals surface area contributed by atoms with E-state index in [0.717, 1.165) is 37.0 Å². The van der Waals surface area contributed by atoms with E-state index in [4.69, 9.17) is 4.74 Å². The van der Waals surface area contributed by atoms with Gasteiger partial charge in [0.05, 0.1) is 11.8 Å². The fraction of sp³-hybridized carbons (Fsp3) is 0.667. The Morgan fingerprint density at radius 1 is 0.875 bits per heavy atom. The second-order valence-electron chi connectivity index (χ2n) is 11.7. The van der Waals surface area contributed by atoms with E-state index in [9.17, 15) is 32.3 Å². The van der Waals surface area contributed by atoms with Crippen LogP contribution in [0.4, 0.5) is 13.2 Å². The summed E-state index contributed by atoms with van der Waals surface area (Å²) in [5, 5.41) is 0. The molecule has 0 radical (unpaired) electrons. The van der Waals surface area contributed by atoms with Gasteiger partial charge in [-0.25, -0.2) is 0 Å². The first kappa shape index (κ1) is 30.1. The number of likely N-dealkylation sites (N-methyl/N-ethyl adjacent to an activating group) is 1. The highest BCUT2D eigenvalue weighted by molar-refractivity contribution is 6.12. The Morgan fingerprint density at radius 3 is 1.73 bits per heavy atom. The van der Waals surface area contributed by atoms with Crippen molar-refractivity contribution < 1.29 is 41.8 Å². The number of rotatable bonds is 5. The van der Waals surface area contributed by atoms with Gasteiger partial charge in [0.1, 0.15) is 5.60 Å². The highest BCUT2D eigenvalue weighted by atomic mass is 19.4. The van der Waals surface area contributed by atoms with Gasteiger partial charge in [-0.2, -0.15) is 13.2 Å². The van der Waals surface area contributed by atoms with Crippen molar-refractivity contribution in [1.29, 1.82) is 0 Å². The van der Waals surface area contributed by atoms with Crippen molar-refractivity contribution in [3.63, 3.8) is 0 Å². The number of halogens is 3. The third-order valence-electron chi connectivity index (χ3n) is 9.05. The van der Waals surface area contributed by atoms with E-state index in [2.05, 4.69) is 23.8 Å². The van der Waals surface area contributed by atoms with E-state index < -0.39 is 18.8 Å². The quantitative estimate of drug-likeness (QED) is 0.255. The number of imide groups is 1. The summed E-state index contributed by atoms with van der Waals surface area (Å²) in [4.78, 5) is 45.5. The molecule has 0 aromatic rings. The van der Waals surface area contributed by atoms with Crippen molar-refractivity contribution in [3.8, 4) is 0 Å². The van der Waals surface area contributed by atoms with Crippen LogP contribution in [0.5, 0.6) is 0 Å². The monoisotopic (exact) mass is 565 g/mol. The van der Waals surface area contributed by atoms with Gasteiger partial charge in [-0.1, -0.05) is 31.2 Å². The number of alkyl halides is 3. The van der Waals surface area contributed by atoms with Gasteiger partial charge < -0.3 is 9.47 Å². The zero-order valence-corrected chi connectivity index (χ0v) is 23.0. The molecule has 5 aliphatic carbocycles. The van der Waals surface area contributed by atoms with Crippen LogP contribution in [0.2, 0.25) is 0 Å². The molecule has 4 bridgehead atoms. The summed E-state index contributed by atoms with van der Waals surface area (Å²) in [5.74, 6) is 0.284. The summed E-state index contributed by atoms with van der Waals surface area (Å²) >= 11 is 0. The van der Waals surface area contributed by atoms with Gasteiger partial charge in [0.15, 0.2) is 6.61 Å². The summed E-state index contributed by atoms with van der Waals surface area (Å²) in [5.41, 5.74) is -0.109. The SMILES string of the molecule is CCC1(OC(=O)C2CC3C=CC2C3)CCCC1.CN1C(=O)C=CC1=O.O=C(OCC(F)(F)F)C1CC2C=CC1C2. The van der Waals surface area contributed by atoms with E-state index in [1.807, 2.05) is 12.2 Å². The summed E-state index contributed by atoms with van der Waals surface area (Å²) in [6.45, 7) is 0.683. The molecule has 220 valence electrons. The minimum absolute atomic E-state index is 0.0885. The van der Waals surface area contributed by atoms with Gasteiger partial charge >= 0.3 is 18.1 Å². The molecule has 10 heteroatoms. The molecule has 3 fully saturated rings. The second-order valence-corrected chi connectivity index (χ2v) is 11.7. The molecule has 1 aliphatic heterocycles. The molecule has 0 aromatic carbocycles. The molecule has 40 heavy (non-hydrogen) atoms. The molecule has 6 aliphatic rings. The Hall–Kier alpha value is -2.91. The third-order valence-corrected chi connectivity index (χ3v) is 9.05. The van der Waals surface area contributed by atoms with E-state index >= 15 is 0 Å². The van der Waals surface area contributed by atoms with Crippen LogP contribution in [0.1, 0.15) is 64.7 Å². The largest absolute Gasteiger partial charge is 0.459 e. The van der Waals surface area contributed by atoms with Gasteiger partial charge in [-0.3, -0.25) is 24.1 Å². The van der Waals surface area contributed by atoms with Crippen LogP contribution >= 0.6 is 0 Å². The number of amides is 2. The first-order chi connectivity index (χ1) is 18.9. The normalized spacial score (nSPS) is 32.2. The van der Waals surface area contributed by atoms with Crippen LogP contribution in [0.15, 0.2) is 36.5 Å². The number of esters is 2. The van der Waals surface area contributed by atoms with Crippen LogP contribution in [-0.4, -0.2) is 54.1 Å². The number of fused-ring (bicyclic) bond motifs is 4. The van der Waals surface area contributed by atoms with Crippen molar-refractivity contribution in [2.24, 2.45) is 35.5 Å². The maximum Gasteiger partial charge on any atom is 0.422 e. The van der Waals surface area contributed by atoms with Crippen molar-refractivity contribution in [2.45, 2.75) is 76.5 Å². The maximum atomic E-state index is 12.3. The lowest BCUT2D eigenvalue weighted by Crippen LogP contribution is -2.35. The Kier molecular flexibility index (Phi) is 9.25. The van der Waals surface area contributed by atoms with Gasteiger partial charge in [0, 0.05) is 19.2 Å². The van der Waals surface area contributed by atoms with Crippen molar-refractivity contribution >= 4 is 23.8 Å². The maximum absolute atomic E-state index is 12.3. The Balaban J connectivity index is 0.000000148. The number of hydrogen-bond acceptors (Lipinski definition) is 6. The number of nitrogens with zero attached hydrogens (tertiary/aromatic N) is 1. The zero-order valence-electron chi connectivity index (χ0n) is 23.0. The zero-order chi connectivity index (χ0) is 29.1. The molecule has 0 N–H and O–H groups in total. The lowest BCUT2D eigenvalue weighted by molar-refractivity contribution is -0.189. The summed E-state index contributed by atoms with van der Waals surface area (Å²) < 4.78 is 45.6. The van der Waals surface area contributed by atoms with Crippen LogP contribution in [-0.2, 0) is 28.7 Å². The summed E-state index contributed by atoms with van der Waals surface area (Å²) in [6, 6.07) is 0. The molecule has 6 rings (SSSR count). The lowest BCUT2D eigenvalue weighted by atomic mass is 9.92. The predicted molar refractivity (Wildman–Crippen MR) is 139 cm³/mol. The minimum Gasteiger partial charge on any atom is -0.459 e. The van der Waals surface area contributed by atoms with E-state index in [-0.39, 0.29) is 41.1 Å². The molecule has 0 aromatic heterocycles. The summed E-state index contributed by atoms with van der Waals surface area (Å²) in [7, 11) is 1.45. The van der Waals surface area contributed by atoms with Crippen molar-refractivity contribution in [2.75, 3.05) is 13.7 Å². The lowest BCUT2D eigenvalue weighted by Gasteiger charge is -2.30. The van der Waals surface area contributed by atoms with Crippen LogP contribution < -0.4 is 0 Å². The summed E-state index contributed by atoms with van der Waals surface area (Å²) in [6.07, 6.45) is 15.8. The Bertz CT molecular complexity index is 1060. The molecule has 2 amide bonds. The van der Waals surface area contributed by atoms with Gasteiger partial charge in [0.25, 0.3) is 11.8 Å². The number of allylic oxidation sites excluding steroid dienone is 4. The molecule has 0 saturated heterocycles. The average molecular weight is 566 g/mol. The Labute approximate surface area is 232 Å². The molecule has 3 saturated carbocycles. The minimum atomic E-state index is -4.43. The Morgan fingerprint density at radius 2 is 1.38 bits per heavy atom. The van der Waals surface area contributed by atoms with Crippen LogP contribution in [0.25, 0.3) is 0 Å². The van der Waals surface area contributed by atoms with Crippen LogP contribution in [0, 0.1) is 35.5 Å². The number of carbonyl (C=O) groups excluding carboxylic acids is 4. The highest BCUT2D eigenvalue weighted by Crippen LogP contribution is 2.46. The van der Waals surface area contributed by atoms with E-state index in [1.165, 1.54) is 38.5 Å². The van der Waals surface area contributed by atoms with Crippen LogP contribution in [0.3, 0.4) is 0 Å². The number of carbonyl (C=O) groups is 4. The predicted octanol–water partition coefficient (Wildman–Crippen LogP) is 5.31. The van der Waals surface area contributed by atoms with Crippen molar-refractivity contribution in [3.05, 3.63) is 36.5 Å². The average Bonchev–Trinajstić information content (AvgIpc) is 3.77. The molecular formula is C30H38F3NO6. The van der Waals surface area contributed by atoms with Crippen molar-refractivity contribution in [1.82, 2.24) is 4.90 Å². The fourth-order valence-corrected chi connectivity index (χ4v) is 6.67. The highest BCUT2D eigenvalue weighted by Gasteiger charge is 2.45. The standard InChI is InChI=1S/C15H22O2.C10H11F3O2.C5H5NO2/c1-2-15(7-3-4-8-15)17-14(16)13-10-11-5-6-12(13)9-11;11-10(12,13)5-15-9(14)8-4-6-1-2-7(8)3-6;1-6-4(7)2-3-5(6)8/h5-6,11-13H,2-4,7-10H2,1H3;1-2,6-8H,3-5H2;2-3H,1H3. The molecule has 6 unspecified atom stereocenters. The van der Waals surface area contributed by atoms with Gasteiger partial charge in [-0.15, -0.1) is 0 Å². The molecule has 0 spiro atoms. The fourth-order valence-electron chi connectivity index (χ4n) is 6.67. The first-order valence-electron chi connectivity index (χ1n) is 14.2. The molecule has 1 heterocycles. The molecule has 6 atom stereocenters. The smallest absolute Gasteiger partial charge is 0.422 e. The third kappa shape index (κ3) is 7.23. The van der Waals surface area contributed by atoms with E-state index in [1.54, 1.807) is 0 Å².